The summed E-state index contributed by atoms with van der Waals surface area (Å²) in [6.07, 6.45) is -2.08. The molecule has 0 aliphatic carbocycles. The van der Waals surface area contributed by atoms with E-state index in [2.05, 4.69) is 0 Å². The van der Waals surface area contributed by atoms with E-state index in [-0.39, 0.29) is 24.5 Å². The molecule has 0 saturated carbocycles. The minimum absolute atomic E-state index is 0.149. The summed E-state index contributed by atoms with van der Waals surface area (Å²) in [5, 5.41) is 0. The summed E-state index contributed by atoms with van der Waals surface area (Å²) in [6, 6.07) is 12.5. The summed E-state index contributed by atoms with van der Waals surface area (Å²) in [6.45, 7) is 1.66. The van der Waals surface area contributed by atoms with Crippen molar-refractivity contribution >= 4 is 17.9 Å². The molecule has 9 nitrogen and oxygen atoms in total. The van der Waals surface area contributed by atoms with Crippen LogP contribution in [0.15, 0.2) is 48.5 Å². The van der Waals surface area contributed by atoms with Gasteiger partial charge in [-0.2, -0.15) is 0 Å². The Kier molecular flexibility index (Phi) is 6.38. The van der Waals surface area contributed by atoms with Gasteiger partial charge in [-0.1, -0.05) is 0 Å². The summed E-state index contributed by atoms with van der Waals surface area (Å²) in [7, 11) is 1.54. The minimum Gasteiger partial charge on any atom is -0.497 e. The van der Waals surface area contributed by atoms with E-state index in [4.69, 9.17) is 28.4 Å². The van der Waals surface area contributed by atoms with Crippen LogP contribution in [-0.2, 0) is 23.7 Å². The van der Waals surface area contributed by atoms with Gasteiger partial charge in [0.05, 0.1) is 31.5 Å². The average Bonchev–Trinajstić information content (AvgIpc) is 3.37. The third-order valence-electron chi connectivity index (χ3n) is 5.16. The standard InChI is InChI=1S/C23H22O9/c1-13(24)30-18-11-28-21-19(12-29-20(18)21)32-23(26)15-5-9-17(10-6-15)31-22(25)14-3-7-16(27-2)8-4-14/h3-10,18-21H,11-12H2,1-2H3/t18?,19-,20?,21?/m1/s1. The molecule has 0 N–H and O–H groups in total. The van der Waals surface area contributed by atoms with Crippen LogP contribution in [0.1, 0.15) is 27.6 Å². The molecule has 3 unspecified atom stereocenters. The lowest BCUT2D eigenvalue weighted by atomic mass is 10.1. The van der Waals surface area contributed by atoms with Crippen molar-refractivity contribution in [1.82, 2.24) is 0 Å². The van der Waals surface area contributed by atoms with Crippen molar-refractivity contribution in [3.8, 4) is 11.5 Å². The van der Waals surface area contributed by atoms with Gasteiger partial charge >= 0.3 is 17.9 Å². The maximum Gasteiger partial charge on any atom is 0.343 e. The number of esters is 3. The molecule has 2 aromatic carbocycles. The largest absolute Gasteiger partial charge is 0.497 e. The second kappa shape index (κ2) is 9.37. The van der Waals surface area contributed by atoms with Crippen molar-refractivity contribution in [3.63, 3.8) is 0 Å². The fourth-order valence-corrected chi connectivity index (χ4v) is 3.60. The molecular formula is C23H22O9. The molecule has 2 aliphatic rings. The highest BCUT2D eigenvalue weighted by Crippen LogP contribution is 2.31. The van der Waals surface area contributed by atoms with Crippen LogP contribution in [-0.4, -0.2) is 62.6 Å². The lowest BCUT2D eigenvalue weighted by Gasteiger charge is -2.17. The maximum atomic E-state index is 12.5. The molecule has 4 rings (SSSR count). The van der Waals surface area contributed by atoms with E-state index in [1.165, 1.54) is 31.2 Å². The molecule has 9 heteroatoms. The molecule has 2 aromatic rings. The van der Waals surface area contributed by atoms with Gasteiger partial charge in [-0.05, 0) is 48.5 Å². The first-order valence-corrected chi connectivity index (χ1v) is 10.0. The van der Waals surface area contributed by atoms with Gasteiger partial charge in [-0.15, -0.1) is 0 Å². The van der Waals surface area contributed by atoms with Gasteiger partial charge in [0.1, 0.15) is 23.7 Å². The average molecular weight is 442 g/mol. The number of methoxy groups -OCH3 is 1. The molecule has 2 aliphatic heterocycles. The molecule has 2 fully saturated rings. The minimum atomic E-state index is -0.611. The van der Waals surface area contributed by atoms with Crippen LogP contribution in [0.4, 0.5) is 0 Å². The van der Waals surface area contributed by atoms with Gasteiger partial charge in [-0.3, -0.25) is 4.79 Å². The van der Waals surface area contributed by atoms with Crippen molar-refractivity contribution in [2.75, 3.05) is 20.3 Å². The second-order valence-corrected chi connectivity index (χ2v) is 7.33. The van der Waals surface area contributed by atoms with E-state index in [1.807, 2.05) is 0 Å². The SMILES string of the molecule is COc1ccc(C(=O)Oc2ccc(C(=O)O[C@@H]3COC4C(OC(C)=O)COC43)cc2)cc1. The number of carbonyl (C=O) groups excluding carboxylic acids is 3. The number of hydrogen-bond acceptors (Lipinski definition) is 9. The number of rotatable bonds is 6. The molecule has 4 atom stereocenters. The number of benzene rings is 2. The van der Waals surface area contributed by atoms with E-state index in [0.717, 1.165) is 0 Å². The van der Waals surface area contributed by atoms with Gasteiger partial charge in [0.25, 0.3) is 0 Å². The maximum absolute atomic E-state index is 12.5. The van der Waals surface area contributed by atoms with Crippen molar-refractivity contribution in [2.24, 2.45) is 0 Å². The lowest BCUT2D eigenvalue weighted by Crippen LogP contribution is -2.35. The second-order valence-electron chi connectivity index (χ2n) is 7.33. The van der Waals surface area contributed by atoms with Gasteiger partial charge in [-0.25, -0.2) is 9.59 Å². The van der Waals surface area contributed by atoms with E-state index in [1.54, 1.807) is 31.4 Å². The predicted octanol–water partition coefficient (Wildman–Crippen LogP) is 2.17. The normalized spacial score (nSPS) is 23.8. The van der Waals surface area contributed by atoms with E-state index >= 15 is 0 Å². The molecule has 32 heavy (non-hydrogen) atoms. The first-order chi connectivity index (χ1) is 15.4. The highest BCUT2D eigenvalue weighted by atomic mass is 16.7. The lowest BCUT2D eigenvalue weighted by molar-refractivity contribution is -0.151. The molecule has 2 saturated heterocycles. The zero-order valence-electron chi connectivity index (χ0n) is 17.5. The monoisotopic (exact) mass is 442 g/mol. The Morgan fingerprint density at radius 1 is 0.750 bits per heavy atom. The highest BCUT2D eigenvalue weighted by molar-refractivity contribution is 5.92. The molecule has 0 spiro atoms. The molecule has 0 bridgehead atoms. The quantitative estimate of drug-likeness (QED) is 0.491. The molecule has 0 radical (unpaired) electrons. The summed E-state index contributed by atoms with van der Waals surface area (Å²) >= 11 is 0. The Hall–Kier alpha value is -3.43. The third kappa shape index (κ3) is 4.74. The van der Waals surface area contributed by atoms with Crippen LogP contribution >= 0.6 is 0 Å². The first kappa shape index (κ1) is 21.8. The van der Waals surface area contributed by atoms with Crippen LogP contribution < -0.4 is 9.47 Å². The Morgan fingerprint density at radius 3 is 1.78 bits per heavy atom. The van der Waals surface area contributed by atoms with Gasteiger partial charge in [0.2, 0.25) is 0 Å². The Bertz CT molecular complexity index is 984. The van der Waals surface area contributed by atoms with E-state index in [0.29, 0.717) is 11.3 Å². The number of fused-ring (bicyclic) bond motifs is 1. The molecule has 168 valence electrons. The summed E-state index contributed by atoms with van der Waals surface area (Å²) < 4.78 is 32.3. The summed E-state index contributed by atoms with van der Waals surface area (Å²) in [4.78, 5) is 36.0. The topological polar surface area (TPSA) is 107 Å². The van der Waals surface area contributed by atoms with Crippen LogP contribution in [0.3, 0.4) is 0 Å². The van der Waals surface area contributed by atoms with Crippen LogP contribution in [0, 0.1) is 0 Å². The first-order valence-electron chi connectivity index (χ1n) is 10.0. The van der Waals surface area contributed by atoms with E-state index in [9.17, 15) is 14.4 Å². The third-order valence-corrected chi connectivity index (χ3v) is 5.16. The zero-order valence-corrected chi connectivity index (χ0v) is 17.5. The van der Waals surface area contributed by atoms with Gasteiger partial charge in [0.15, 0.2) is 12.2 Å². The van der Waals surface area contributed by atoms with Gasteiger partial charge in [0, 0.05) is 6.92 Å². The Morgan fingerprint density at radius 2 is 1.25 bits per heavy atom. The number of hydrogen-bond donors (Lipinski definition) is 0. The Labute approximate surface area is 184 Å². The molecule has 0 aromatic heterocycles. The highest BCUT2D eigenvalue weighted by Gasteiger charge is 2.51. The summed E-state index contributed by atoms with van der Waals surface area (Å²) in [5.74, 6) is -0.594. The summed E-state index contributed by atoms with van der Waals surface area (Å²) in [5.41, 5.74) is 0.654. The molecular weight excluding hydrogens is 420 g/mol. The molecule has 2 heterocycles. The van der Waals surface area contributed by atoms with Crippen LogP contribution in [0.25, 0.3) is 0 Å². The van der Waals surface area contributed by atoms with Crippen molar-refractivity contribution in [2.45, 2.75) is 31.3 Å². The smallest absolute Gasteiger partial charge is 0.343 e. The van der Waals surface area contributed by atoms with Crippen molar-refractivity contribution in [3.05, 3.63) is 59.7 Å². The van der Waals surface area contributed by atoms with E-state index < -0.39 is 42.3 Å². The van der Waals surface area contributed by atoms with Crippen molar-refractivity contribution < 1.29 is 42.8 Å². The van der Waals surface area contributed by atoms with Crippen molar-refractivity contribution in [1.29, 1.82) is 0 Å². The van der Waals surface area contributed by atoms with Crippen LogP contribution in [0.2, 0.25) is 0 Å². The predicted molar refractivity (Wildman–Crippen MR) is 109 cm³/mol. The zero-order chi connectivity index (χ0) is 22.7. The molecule has 0 amide bonds. The Balaban J connectivity index is 1.32. The number of ether oxygens (including phenoxy) is 6. The fourth-order valence-electron chi connectivity index (χ4n) is 3.60. The van der Waals surface area contributed by atoms with Crippen LogP contribution in [0.5, 0.6) is 11.5 Å². The fraction of sp³-hybridized carbons (Fsp3) is 0.348. The number of carbonyl (C=O) groups is 3. The van der Waals surface area contributed by atoms with Gasteiger partial charge < -0.3 is 28.4 Å².